The average molecular weight is 318 g/mol. The van der Waals surface area contributed by atoms with Crippen LogP contribution in [0.4, 0.5) is 5.69 Å². The van der Waals surface area contributed by atoms with Gasteiger partial charge in [0, 0.05) is 43.7 Å². The smallest absolute Gasteiger partial charge is 0.158 e. The van der Waals surface area contributed by atoms with Crippen LogP contribution >= 0.6 is 0 Å². The Morgan fingerprint density at radius 1 is 0.792 bits per heavy atom. The van der Waals surface area contributed by atoms with E-state index in [0.717, 1.165) is 11.3 Å². The van der Waals surface area contributed by atoms with Gasteiger partial charge in [0.1, 0.15) is 0 Å². The summed E-state index contributed by atoms with van der Waals surface area (Å²) in [5.74, 6) is 0.0364. The number of carbonyl (C=O) groups is 1. The van der Waals surface area contributed by atoms with Crippen LogP contribution in [-0.2, 0) is 11.2 Å². The molecule has 0 aliphatic carbocycles. The number of fused-ring (bicyclic) bond motifs is 1. The fourth-order valence-corrected chi connectivity index (χ4v) is 1.87. The first-order chi connectivity index (χ1) is 11.9. The second kappa shape index (κ2) is 10.5. The van der Waals surface area contributed by atoms with E-state index in [1.54, 1.807) is 61.6 Å². The molecule has 0 radical (unpaired) electrons. The van der Waals surface area contributed by atoms with Gasteiger partial charge in [0.15, 0.2) is 5.78 Å². The van der Waals surface area contributed by atoms with E-state index in [1.807, 2.05) is 24.3 Å². The number of carbonyl (C=O) groups excluding carboxylic acids is 1. The molecule has 1 heterocycles. The highest BCUT2D eigenvalue weighted by molar-refractivity contribution is 5.87. The number of allylic oxidation sites excluding steroid dienone is 4. The molecule has 0 saturated carbocycles. The van der Waals surface area contributed by atoms with Gasteiger partial charge in [-0.25, -0.2) is 0 Å². The maximum atomic E-state index is 12.0. The first-order valence-corrected chi connectivity index (χ1v) is 7.51. The van der Waals surface area contributed by atoms with E-state index in [1.165, 1.54) is 0 Å². The molecular weight excluding hydrogens is 300 g/mol. The molecule has 1 aliphatic rings. The van der Waals surface area contributed by atoms with Gasteiger partial charge in [0.2, 0.25) is 0 Å². The SMILES string of the molecule is O=C1CN=CC=CN=CC=CN=CC=CC=Nc2ccccc2C1. The molecule has 1 aliphatic heterocycles. The van der Waals surface area contributed by atoms with Crippen LogP contribution in [0.3, 0.4) is 0 Å². The van der Waals surface area contributed by atoms with Gasteiger partial charge in [-0.3, -0.25) is 24.8 Å². The number of rotatable bonds is 0. The zero-order chi connectivity index (χ0) is 16.9. The molecule has 0 N–H and O–H groups in total. The van der Waals surface area contributed by atoms with E-state index < -0.39 is 0 Å². The first kappa shape index (κ1) is 17.1. The van der Waals surface area contributed by atoms with Gasteiger partial charge < -0.3 is 0 Å². The Morgan fingerprint density at radius 2 is 1.50 bits per heavy atom. The number of nitrogens with zero attached hydrogens (tertiary/aromatic N) is 4. The minimum Gasteiger partial charge on any atom is -0.297 e. The molecule has 0 unspecified atom stereocenters. The Bertz CT molecular complexity index is 752. The molecule has 0 aromatic heterocycles. The summed E-state index contributed by atoms with van der Waals surface area (Å²) < 4.78 is 0. The second-order valence-corrected chi connectivity index (χ2v) is 4.78. The first-order valence-electron chi connectivity index (χ1n) is 7.51. The molecule has 5 heteroatoms. The van der Waals surface area contributed by atoms with Gasteiger partial charge in [-0.1, -0.05) is 18.2 Å². The summed E-state index contributed by atoms with van der Waals surface area (Å²) in [6.07, 6.45) is 17.0. The maximum Gasteiger partial charge on any atom is 0.158 e. The Hall–Kier alpha value is -3.21. The zero-order valence-corrected chi connectivity index (χ0v) is 13.2. The number of para-hydroxylation sites is 1. The van der Waals surface area contributed by atoms with Gasteiger partial charge in [-0.15, -0.1) is 0 Å². The highest BCUT2D eigenvalue weighted by atomic mass is 16.1. The third-order valence-corrected chi connectivity index (χ3v) is 2.94. The monoisotopic (exact) mass is 318 g/mol. The molecule has 0 atom stereocenters. The van der Waals surface area contributed by atoms with E-state index in [9.17, 15) is 4.79 Å². The quantitative estimate of drug-likeness (QED) is 0.723. The topological polar surface area (TPSA) is 66.5 Å². The molecule has 1 aromatic rings. The van der Waals surface area contributed by atoms with Crippen LogP contribution in [0, 0.1) is 0 Å². The number of benzene rings is 1. The number of hydrogen-bond acceptors (Lipinski definition) is 5. The highest BCUT2D eigenvalue weighted by Gasteiger charge is 2.06. The van der Waals surface area contributed by atoms with Crippen molar-refractivity contribution in [1.29, 1.82) is 0 Å². The summed E-state index contributed by atoms with van der Waals surface area (Å²) in [5, 5.41) is 0. The normalized spacial score (nSPS) is 15.8. The molecule has 0 spiro atoms. The molecule has 1 aromatic carbocycles. The molecule has 2 rings (SSSR count). The predicted molar refractivity (Wildman–Crippen MR) is 101 cm³/mol. The van der Waals surface area contributed by atoms with E-state index in [0.29, 0.717) is 6.42 Å². The molecule has 0 bridgehead atoms. The van der Waals surface area contributed by atoms with Crippen molar-refractivity contribution in [3.63, 3.8) is 0 Å². The summed E-state index contributed by atoms with van der Waals surface area (Å²) >= 11 is 0. The summed E-state index contributed by atoms with van der Waals surface area (Å²) in [5.41, 5.74) is 1.67. The summed E-state index contributed by atoms with van der Waals surface area (Å²) in [6.45, 7) is 0.139. The zero-order valence-electron chi connectivity index (χ0n) is 13.2. The molecule has 0 amide bonds. The standard InChI is InChI=1S/C19H18N4O/c24-18-15-17-7-1-2-8-19(17)23-14-4-3-9-20-10-5-11-21-12-6-13-22-16-18/h1-14H,15-16H2. The van der Waals surface area contributed by atoms with Crippen molar-refractivity contribution in [3.8, 4) is 0 Å². The van der Waals surface area contributed by atoms with Gasteiger partial charge in [0.05, 0.1) is 12.2 Å². The Labute approximate surface area is 141 Å². The predicted octanol–water partition coefficient (Wildman–Crippen LogP) is 3.31. The van der Waals surface area contributed by atoms with Crippen molar-refractivity contribution >= 4 is 36.3 Å². The van der Waals surface area contributed by atoms with Crippen LogP contribution in [0.5, 0.6) is 0 Å². The third kappa shape index (κ3) is 6.70. The summed E-state index contributed by atoms with van der Waals surface area (Å²) in [4.78, 5) is 28.6. The van der Waals surface area contributed by atoms with Gasteiger partial charge in [-0.2, -0.15) is 0 Å². The molecule has 120 valence electrons. The summed E-state index contributed by atoms with van der Waals surface area (Å²) in [7, 11) is 0. The van der Waals surface area contributed by atoms with Crippen molar-refractivity contribution in [1.82, 2.24) is 0 Å². The second-order valence-electron chi connectivity index (χ2n) is 4.78. The van der Waals surface area contributed by atoms with Crippen molar-refractivity contribution in [2.24, 2.45) is 20.0 Å². The Kier molecular flexibility index (Phi) is 7.51. The highest BCUT2D eigenvalue weighted by Crippen LogP contribution is 2.19. The van der Waals surface area contributed by atoms with Crippen LogP contribution in [0.1, 0.15) is 5.56 Å². The Balaban J connectivity index is 2.19. The lowest BCUT2D eigenvalue weighted by Gasteiger charge is -2.03. The lowest BCUT2D eigenvalue weighted by molar-refractivity contribution is -0.117. The van der Waals surface area contributed by atoms with Crippen LogP contribution in [0.25, 0.3) is 0 Å². The van der Waals surface area contributed by atoms with Crippen LogP contribution in [0.2, 0.25) is 0 Å². The number of Topliss-reactive ketones (excluding diaryl/α,β-unsaturated/α-hetero) is 1. The van der Waals surface area contributed by atoms with Gasteiger partial charge in [-0.05, 0) is 35.9 Å². The average Bonchev–Trinajstić information content (AvgIpc) is 2.59. The van der Waals surface area contributed by atoms with Gasteiger partial charge >= 0.3 is 0 Å². The van der Waals surface area contributed by atoms with Crippen molar-refractivity contribution in [2.45, 2.75) is 6.42 Å². The molecule has 0 saturated heterocycles. The van der Waals surface area contributed by atoms with Gasteiger partial charge in [0.25, 0.3) is 0 Å². The lowest BCUT2D eigenvalue weighted by Crippen LogP contribution is -2.06. The van der Waals surface area contributed by atoms with Crippen molar-refractivity contribution in [3.05, 3.63) is 66.5 Å². The number of ketones is 1. The van der Waals surface area contributed by atoms with E-state index in [4.69, 9.17) is 0 Å². The fourth-order valence-electron chi connectivity index (χ4n) is 1.87. The molecule has 24 heavy (non-hydrogen) atoms. The number of aliphatic imine (C=N–C) groups is 4. The van der Waals surface area contributed by atoms with E-state index in [2.05, 4.69) is 20.0 Å². The van der Waals surface area contributed by atoms with E-state index in [-0.39, 0.29) is 12.3 Å². The Morgan fingerprint density at radius 3 is 2.38 bits per heavy atom. The minimum atomic E-state index is 0.0364. The van der Waals surface area contributed by atoms with Crippen molar-refractivity contribution in [2.75, 3.05) is 6.54 Å². The lowest BCUT2D eigenvalue weighted by atomic mass is 10.1. The maximum absolute atomic E-state index is 12.0. The van der Waals surface area contributed by atoms with Crippen LogP contribution in [-0.4, -0.2) is 37.2 Å². The number of hydrogen-bond donors (Lipinski definition) is 0. The fraction of sp³-hybridized carbons (Fsp3) is 0.105. The minimum absolute atomic E-state index is 0.0364. The largest absolute Gasteiger partial charge is 0.297 e. The molecule has 0 fully saturated rings. The van der Waals surface area contributed by atoms with Crippen LogP contribution < -0.4 is 0 Å². The summed E-state index contributed by atoms with van der Waals surface area (Å²) in [6, 6.07) is 7.59. The third-order valence-electron chi connectivity index (χ3n) is 2.94. The van der Waals surface area contributed by atoms with E-state index >= 15 is 0 Å². The van der Waals surface area contributed by atoms with Crippen LogP contribution in [0.15, 0.2) is 80.9 Å². The van der Waals surface area contributed by atoms with Crippen molar-refractivity contribution < 1.29 is 4.79 Å². The molecular formula is C19H18N4O. The molecule has 5 nitrogen and oxygen atoms in total.